The first-order chi connectivity index (χ1) is 14.1. The molecule has 0 unspecified atom stereocenters. The number of nitrogens with one attached hydrogen (secondary N) is 1. The molecule has 1 fully saturated rings. The van der Waals surface area contributed by atoms with Gasteiger partial charge in [0, 0.05) is 30.2 Å². The lowest BCUT2D eigenvalue weighted by molar-refractivity contribution is 0.160. The van der Waals surface area contributed by atoms with Crippen molar-refractivity contribution in [2.45, 2.75) is 57.7 Å². The third-order valence-electron chi connectivity index (χ3n) is 5.33. The van der Waals surface area contributed by atoms with Crippen molar-refractivity contribution in [2.75, 3.05) is 11.9 Å². The van der Waals surface area contributed by atoms with Crippen LogP contribution in [0, 0.1) is 0 Å². The molecule has 0 amide bonds. The lowest BCUT2D eigenvalue weighted by atomic mass is 9.79. The Hall–Kier alpha value is -3.14. The van der Waals surface area contributed by atoms with Crippen molar-refractivity contribution in [3.63, 3.8) is 0 Å². The van der Waals surface area contributed by atoms with Gasteiger partial charge in [0.25, 0.3) is 0 Å². The van der Waals surface area contributed by atoms with Crippen molar-refractivity contribution in [3.05, 3.63) is 30.9 Å². The Kier molecular flexibility index (Phi) is 4.89. The molecule has 10 heteroatoms. The molecule has 0 spiro atoms. The van der Waals surface area contributed by atoms with Crippen LogP contribution in [-0.4, -0.2) is 64.4 Å². The molecule has 30 heavy (non-hydrogen) atoms. The lowest BCUT2D eigenvalue weighted by Crippen LogP contribution is -2.62. The van der Waals surface area contributed by atoms with Crippen molar-refractivity contribution < 1.29 is 5.11 Å². The summed E-state index contributed by atoms with van der Waals surface area (Å²) in [4.78, 5) is 12.2. The molecule has 0 bridgehead atoms. The average molecular weight is 409 g/mol. The molecule has 1 aliphatic heterocycles. The second-order valence-corrected chi connectivity index (χ2v) is 9.09. The molecular formula is C20H27N9O. The SMILES string of the molecule is CN(c1ncc(-c2ncc(-n3nccn3)cc2O)nn1)C1CC(C)(C)NC(C)(C)C1. The molecule has 4 rings (SSSR count). The first-order valence-corrected chi connectivity index (χ1v) is 9.92. The Bertz CT molecular complexity index is 999. The van der Waals surface area contributed by atoms with Gasteiger partial charge in [0.05, 0.1) is 24.8 Å². The summed E-state index contributed by atoms with van der Waals surface area (Å²) >= 11 is 0. The summed E-state index contributed by atoms with van der Waals surface area (Å²) in [6.07, 6.45) is 8.22. The molecule has 1 saturated heterocycles. The minimum atomic E-state index is -0.0381. The van der Waals surface area contributed by atoms with Crippen molar-refractivity contribution in [1.29, 1.82) is 0 Å². The molecule has 4 heterocycles. The zero-order valence-corrected chi connectivity index (χ0v) is 17.9. The maximum Gasteiger partial charge on any atom is 0.245 e. The highest BCUT2D eigenvalue weighted by Crippen LogP contribution is 2.32. The molecule has 3 aromatic heterocycles. The number of anilines is 1. The Morgan fingerprint density at radius 3 is 2.27 bits per heavy atom. The third-order valence-corrected chi connectivity index (χ3v) is 5.33. The second-order valence-electron chi connectivity index (χ2n) is 9.09. The highest BCUT2D eigenvalue weighted by Gasteiger charge is 2.39. The van der Waals surface area contributed by atoms with Crippen LogP contribution in [0.15, 0.2) is 30.9 Å². The smallest absolute Gasteiger partial charge is 0.245 e. The third kappa shape index (κ3) is 4.09. The van der Waals surface area contributed by atoms with Gasteiger partial charge < -0.3 is 15.3 Å². The van der Waals surface area contributed by atoms with E-state index in [4.69, 9.17) is 0 Å². The van der Waals surface area contributed by atoms with Gasteiger partial charge >= 0.3 is 0 Å². The van der Waals surface area contributed by atoms with Crippen LogP contribution in [0.2, 0.25) is 0 Å². The Morgan fingerprint density at radius 2 is 1.70 bits per heavy atom. The predicted molar refractivity (Wildman–Crippen MR) is 112 cm³/mol. The molecular weight excluding hydrogens is 382 g/mol. The van der Waals surface area contributed by atoms with Gasteiger partial charge in [-0.25, -0.2) is 9.97 Å². The van der Waals surface area contributed by atoms with Gasteiger partial charge in [-0.15, -0.1) is 15.0 Å². The number of nitrogens with zero attached hydrogens (tertiary/aromatic N) is 8. The van der Waals surface area contributed by atoms with Crippen LogP contribution in [0.25, 0.3) is 17.1 Å². The van der Waals surface area contributed by atoms with E-state index in [2.05, 4.69) is 68.3 Å². The van der Waals surface area contributed by atoms with E-state index < -0.39 is 0 Å². The molecule has 10 nitrogen and oxygen atoms in total. The van der Waals surface area contributed by atoms with Crippen LogP contribution in [0.3, 0.4) is 0 Å². The van der Waals surface area contributed by atoms with Crippen LogP contribution in [-0.2, 0) is 0 Å². The number of aromatic nitrogens is 7. The van der Waals surface area contributed by atoms with Gasteiger partial charge in [-0.05, 0) is 40.5 Å². The molecule has 0 aliphatic carbocycles. The maximum absolute atomic E-state index is 10.4. The van der Waals surface area contributed by atoms with Crippen LogP contribution in [0.1, 0.15) is 40.5 Å². The maximum atomic E-state index is 10.4. The second kappa shape index (κ2) is 7.28. The quantitative estimate of drug-likeness (QED) is 0.666. The van der Waals surface area contributed by atoms with E-state index in [1.165, 1.54) is 10.9 Å². The predicted octanol–water partition coefficient (Wildman–Crippen LogP) is 1.97. The Morgan fingerprint density at radius 1 is 1.03 bits per heavy atom. The highest BCUT2D eigenvalue weighted by molar-refractivity contribution is 5.62. The minimum Gasteiger partial charge on any atom is -0.506 e. The normalized spacial score (nSPS) is 18.3. The zero-order valence-electron chi connectivity index (χ0n) is 17.9. The molecule has 0 radical (unpaired) electrons. The first-order valence-electron chi connectivity index (χ1n) is 9.92. The van der Waals surface area contributed by atoms with Gasteiger partial charge in [-0.2, -0.15) is 10.2 Å². The minimum absolute atomic E-state index is 0.0228. The Balaban J connectivity index is 1.54. The van der Waals surface area contributed by atoms with Crippen LogP contribution >= 0.6 is 0 Å². The molecule has 1 aliphatic rings. The highest BCUT2D eigenvalue weighted by atomic mass is 16.3. The van der Waals surface area contributed by atoms with Crippen LogP contribution in [0.4, 0.5) is 5.95 Å². The molecule has 0 atom stereocenters. The molecule has 0 saturated carbocycles. The first kappa shape index (κ1) is 20.1. The van der Waals surface area contributed by atoms with E-state index in [9.17, 15) is 5.11 Å². The van der Waals surface area contributed by atoms with Gasteiger partial charge in [-0.1, -0.05) is 0 Å². The van der Waals surface area contributed by atoms with E-state index in [1.54, 1.807) is 24.8 Å². The van der Waals surface area contributed by atoms with Crippen molar-refractivity contribution >= 4 is 5.95 Å². The summed E-state index contributed by atoms with van der Waals surface area (Å²) in [5.41, 5.74) is 1.30. The summed E-state index contributed by atoms with van der Waals surface area (Å²) in [7, 11) is 2.00. The fourth-order valence-corrected chi connectivity index (χ4v) is 4.34. The molecule has 0 aromatic carbocycles. The van der Waals surface area contributed by atoms with E-state index in [-0.39, 0.29) is 22.9 Å². The summed E-state index contributed by atoms with van der Waals surface area (Å²) in [6.45, 7) is 8.86. The molecule has 158 valence electrons. The summed E-state index contributed by atoms with van der Waals surface area (Å²) in [5, 5.41) is 30.7. The average Bonchev–Trinajstić information content (AvgIpc) is 3.20. The summed E-state index contributed by atoms with van der Waals surface area (Å²) in [6, 6.07) is 1.82. The number of rotatable bonds is 4. The Labute approximate surface area is 175 Å². The molecule has 2 N–H and O–H groups in total. The fraction of sp³-hybridized carbons (Fsp3) is 0.500. The van der Waals surface area contributed by atoms with Gasteiger partial charge in [0.2, 0.25) is 5.95 Å². The van der Waals surface area contributed by atoms with Crippen molar-refractivity contribution in [1.82, 2.24) is 40.5 Å². The van der Waals surface area contributed by atoms with E-state index >= 15 is 0 Å². The van der Waals surface area contributed by atoms with Gasteiger partial charge in [0.15, 0.2) is 0 Å². The number of piperidine rings is 1. The van der Waals surface area contributed by atoms with Gasteiger partial charge in [-0.3, -0.25) is 0 Å². The topological polar surface area (TPSA) is 118 Å². The van der Waals surface area contributed by atoms with E-state index in [0.29, 0.717) is 23.0 Å². The number of aromatic hydroxyl groups is 1. The number of hydrogen-bond donors (Lipinski definition) is 2. The number of hydrogen-bond acceptors (Lipinski definition) is 9. The lowest BCUT2D eigenvalue weighted by Gasteiger charge is -2.48. The largest absolute Gasteiger partial charge is 0.506 e. The van der Waals surface area contributed by atoms with Crippen molar-refractivity contribution in [3.8, 4) is 22.8 Å². The van der Waals surface area contributed by atoms with Gasteiger partial charge in [0.1, 0.15) is 22.8 Å². The van der Waals surface area contributed by atoms with Crippen LogP contribution < -0.4 is 10.2 Å². The van der Waals surface area contributed by atoms with Crippen LogP contribution in [0.5, 0.6) is 5.75 Å². The van der Waals surface area contributed by atoms with Crippen molar-refractivity contribution in [2.24, 2.45) is 0 Å². The summed E-state index contributed by atoms with van der Waals surface area (Å²) < 4.78 is 0. The standard InChI is InChI=1S/C20H27N9O/c1-19(2)9-14(10-20(3,4)27-19)28(5)18-22-12-15(25-26-18)17-16(30)8-13(11-21-17)29-23-6-7-24-29/h6-8,11-12,14,27,30H,9-10H2,1-5H3. The van der Waals surface area contributed by atoms with E-state index in [0.717, 1.165) is 12.8 Å². The molecule has 3 aromatic rings. The van der Waals surface area contributed by atoms with E-state index in [1.807, 2.05) is 7.05 Å². The summed E-state index contributed by atoms with van der Waals surface area (Å²) in [5.74, 6) is 0.512. The fourth-order valence-electron chi connectivity index (χ4n) is 4.34. The zero-order chi connectivity index (χ0) is 21.5. The number of pyridine rings is 1. The monoisotopic (exact) mass is 409 g/mol.